The molecule has 2 fully saturated rings. The fourth-order valence-corrected chi connectivity index (χ4v) is 5.53. The highest BCUT2D eigenvalue weighted by Crippen LogP contribution is 2.50. The van der Waals surface area contributed by atoms with Gasteiger partial charge in [0.25, 0.3) is 5.91 Å². The largest absolute Gasteiger partial charge is 0.496 e. The van der Waals surface area contributed by atoms with Crippen molar-refractivity contribution in [1.29, 1.82) is 0 Å². The third-order valence-corrected chi connectivity index (χ3v) is 7.12. The number of methoxy groups -OCH3 is 1. The predicted octanol–water partition coefficient (Wildman–Crippen LogP) is 5.28. The molecule has 1 aliphatic heterocycles. The smallest absolute Gasteiger partial charge is 0.261 e. The van der Waals surface area contributed by atoms with E-state index in [1.54, 1.807) is 25.3 Å². The van der Waals surface area contributed by atoms with Gasteiger partial charge in [0.15, 0.2) is 6.61 Å². The topological polar surface area (TPSA) is 59.0 Å². The van der Waals surface area contributed by atoms with Gasteiger partial charge in [0, 0.05) is 23.0 Å². The van der Waals surface area contributed by atoms with Gasteiger partial charge in [-0.2, -0.15) is 0 Å². The van der Waals surface area contributed by atoms with Crippen molar-refractivity contribution < 1.29 is 19.4 Å². The predicted molar refractivity (Wildman–Crippen MR) is 121 cm³/mol. The number of likely N-dealkylation sites (tertiary alicyclic amines) is 1. The first-order chi connectivity index (χ1) is 14.9. The van der Waals surface area contributed by atoms with Crippen molar-refractivity contribution >= 4 is 29.1 Å². The van der Waals surface area contributed by atoms with Crippen LogP contribution in [0, 0.1) is 5.92 Å². The van der Waals surface area contributed by atoms with E-state index < -0.39 is 5.60 Å². The van der Waals surface area contributed by atoms with Crippen LogP contribution in [-0.2, 0) is 4.79 Å². The van der Waals surface area contributed by atoms with Crippen molar-refractivity contribution in [1.82, 2.24) is 4.90 Å². The van der Waals surface area contributed by atoms with Crippen LogP contribution in [0.25, 0.3) is 0 Å². The molecule has 0 radical (unpaired) electrons. The molecule has 166 valence electrons. The molecule has 1 saturated carbocycles. The van der Waals surface area contributed by atoms with Crippen LogP contribution in [0.4, 0.5) is 0 Å². The second-order valence-corrected chi connectivity index (χ2v) is 9.19. The van der Waals surface area contributed by atoms with E-state index in [9.17, 15) is 9.90 Å². The zero-order chi connectivity index (χ0) is 22.0. The molecule has 4 rings (SSSR count). The number of halogens is 2. The standard InChI is InChI=1S/C24H27Cl2NO4/c1-30-20-8-3-2-6-17(20)23-18-7-4-5-11-24(18,29)12-13-27(23)22(28)15-31-21-10-9-16(25)14-19(21)26/h2-3,6,8-10,14,18,23,29H,4-5,7,11-13,15H2,1H3/t18-,23+,24+/m1/s1. The van der Waals surface area contributed by atoms with Crippen LogP contribution in [0.3, 0.4) is 0 Å². The highest BCUT2D eigenvalue weighted by atomic mass is 35.5. The number of piperidine rings is 1. The Balaban J connectivity index is 1.62. The van der Waals surface area contributed by atoms with Gasteiger partial charge in [-0.3, -0.25) is 4.79 Å². The number of carbonyl (C=O) groups is 1. The van der Waals surface area contributed by atoms with Crippen LogP contribution in [0.2, 0.25) is 10.0 Å². The van der Waals surface area contributed by atoms with Crippen molar-refractivity contribution in [3.05, 3.63) is 58.1 Å². The van der Waals surface area contributed by atoms with Gasteiger partial charge in [0.2, 0.25) is 0 Å². The zero-order valence-electron chi connectivity index (χ0n) is 17.5. The zero-order valence-corrected chi connectivity index (χ0v) is 19.0. The number of amides is 1. The number of aliphatic hydroxyl groups is 1. The van der Waals surface area contributed by atoms with E-state index >= 15 is 0 Å². The Bertz CT molecular complexity index is 953. The van der Waals surface area contributed by atoms with Crippen LogP contribution in [0.5, 0.6) is 11.5 Å². The van der Waals surface area contributed by atoms with E-state index in [-0.39, 0.29) is 24.5 Å². The monoisotopic (exact) mass is 463 g/mol. The summed E-state index contributed by atoms with van der Waals surface area (Å²) in [4.78, 5) is 15.2. The number of fused-ring (bicyclic) bond motifs is 1. The first kappa shape index (κ1) is 22.3. The van der Waals surface area contributed by atoms with Gasteiger partial charge in [0.05, 0.1) is 23.8 Å². The molecule has 1 amide bonds. The summed E-state index contributed by atoms with van der Waals surface area (Å²) >= 11 is 12.1. The maximum Gasteiger partial charge on any atom is 0.261 e. The molecule has 2 aromatic carbocycles. The van der Waals surface area contributed by atoms with Crippen molar-refractivity contribution in [3.8, 4) is 11.5 Å². The van der Waals surface area contributed by atoms with Crippen molar-refractivity contribution in [2.45, 2.75) is 43.7 Å². The lowest BCUT2D eigenvalue weighted by atomic mass is 9.66. The summed E-state index contributed by atoms with van der Waals surface area (Å²) in [6, 6.07) is 12.4. The lowest BCUT2D eigenvalue weighted by Gasteiger charge is -2.52. The molecule has 1 N–H and O–H groups in total. The number of para-hydroxylation sites is 1. The molecule has 7 heteroatoms. The molecule has 1 aliphatic carbocycles. The van der Waals surface area contributed by atoms with E-state index in [2.05, 4.69) is 0 Å². The van der Waals surface area contributed by atoms with Crippen LogP contribution < -0.4 is 9.47 Å². The summed E-state index contributed by atoms with van der Waals surface area (Å²) < 4.78 is 11.3. The molecule has 3 atom stereocenters. The molecule has 2 aromatic rings. The average Bonchev–Trinajstić information content (AvgIpc) is 2.77. The number of ether oxygens (including phenoxy) is 2. The second-order valence-electron chi connectivity index (χ2n) is 8.34. The van der Waals surface area contributed by atoms with E-state index in [1.165, 1.54) is 0 Å². The Morgan fingerprint density at radius 2 is 1.97 bits per heavy atom. The minimum Gasteiger partial charge on any atom is -0.496 e. The number of hydrogen-bond acceptors (Lipinski definition) is 4. The number of hydrogen-bond donors (Lipinski definition) is 1. The Hall–Kier alpha value is -1.95. The quantitative estimate of drug-likeness (QED) is 0.655. The average molecular weight is 464 g/mol. The van der Waals surface area contributed by atoms with Gasteiger partial charge < -0.3 is 19.5 Å². The summed E-state index contributed by atoms with van der Waals surface area (Å²) in [5, 5.41) is 12.3. The maximum atomic E-state index is 13.3. The van der Waals surface area contributed by atoms with E-state index in [1.807, 2.05) is 29.2 Å². The van der Waals surface area contributed by atoms with Gasteiger partial charge in [-0.1, -0.05) is 54.2 Å². The highest BCUT2D eigenvalue weighted by Gasteiger charge is 2.50. The summed E-state index contributed by atoms with van der Waals surface area (Å²) in [6.07, 6.45) is 4.25. The SMILES string of the molecule is COc1ccccc1[C@H]1[C@H]2CCCC[C@]2(O)CCN1C(=O)COc1ccc(Cl)cc1Cl. The van der Waals surface area contributed by atoms with Crippen molar-refractivity contribution in [2.24, 2.45) is 5.92 Å². The number of nitrogens with zero attached hydrogens (tertiary/aromatic N) is 1. The first-order valence-corrected chi connectivity index (χ1v) is 11.4. The maximum absolute atomic E-state index is 13.3. The molecule has 0 aromatic heterocycles. The lowest BCUT2D eigenvalue weighted by molar-refractivity contribution is -0.157. The van der Waals surface area contributed by atoms with Gasteiger partial charge in [-0.05, 0) is 43.5 Å². The number of rotatable bonds is 5. The molecule has 0 spiro atoms. The van der Waals surface area contributed by atoms with Crippen LogP contribution in [-0.4, -0.2) is 41.8 Å². The molecule has 0 bridgehead atoms. The van der Waals surface area contributed by atoms with Gasteiger partial charge >= 0.3 is 0 Å². The Labute approximate surface area is 192 Å². The van der Waals surface area contributed by atoms with E-state index in [0.29, 0.717) is 28.8 Å². The molecule has 2 aliphatic rings. The summed E-state index contributed by atoms with van der Waals surface area (Å²) in [5.41, 5.74) is 0.161. The fourth-order valence-electron chi connectivity index (χ4n) is 5.07. The summed E-state index contributed by atoms with van der Waals surface area (Å²) in [7, 11) is 1.63. The molecular weight excluding hydrogens is 437 g/mol. The normalized spacial score (nSPS) is 25.6. The Kier molecular flexibility index (Phi) is 6.65. The van der Waals surface area contributed by atoms with Gasteiger partial charge in [-0.25, -0.2) is 0 Å². The molecule has 31 heavy (non-hydrogen) atoms. The van der Waals surface area contributed by atoms with E-state index in [0.717, 1.165) is 37.0 Å². The summed E-state index contributed by atoms with van der Waals surface area (Å²) in [6.45, 7) is 0.324. The Morgan fingerprint density at radius 3 is 2.74 bits per heavy atom. The van der Waals surface area contributed by atoms with Gasteiger partial charge in [0.1, 0.15) is 11.5 Å². The molecule has 1 saturated heterocycles. The number of carbonyl (C=O) groups excluding carboxylic acids is 1. The molecule has 5 nitrogen and oxygen atoms in total. The fraction of sp³-hybridized carbons (Fsp3) is 0.458. The first-order valence-electron chi connectivity index (χ1n) is 10.7. The van der Waals surface area contributed by atoms with Crippen molar-refractivity contribution in [3.63, 3.8) is 0 Å². The van der Waals surface area contributed by atoms with Crippen LogP contribution >= 0.6 is 23.2 Å². The van der Waals surface area contributed by atoms with Crippen LogP contribution in [0.1, 0.15) is 43.7 Å². The van der Waals surface area contributed by atoms with Crippen LogP contribution in [0.15, 0.2) is 42.5 Å². The minimum atomic E-state index is -0.763. The molecule has 0 unspecified atom stereocenters. The minimum absolute atomic E-state index is 0.0469. The number of benzene rings is 2. The molecular formula is C24H27Cl2NO4. The lowest BCUT2D eigenvalue weighted by Crippen LogP contribution is -2.57. The van der Waals surface area contributed by atoms with Gasteiger partial charge in [-0.15, -0.1) is 0 Å². The molecule has 1 heterocycles. The third-order valence-electron chi connectivity index (χ3n) is 6.59. The van der Waals surface area contributed by atoms with E-state index in [4.69, 9.17) is 32.7 Å². The second kappa shape index (κ2) is 9.27. The van der Waals surface area contributed by atoms with Crippen molar-refractivity contribution in [2.75, 3.05) is 20.3 Å². The summed E-state index contributed by atoms with van der Waals surface area (Å²) in [5.74, 6) is 0.949. The third kappa shape index (κ3) is 4.50. The Morgan fingerprint density at radius 1 is 1.16 bits per heavy atom. The highest BCUT2D eigenvalue weighted by molar-refractivity contribution is 6.35.